The summed E-state index contributed by atoms with van der Waals surface area (Å²) in [7, 11) is 1.62. The van der Waals surface area contributed by atoms with Gasteiger partial charge in [-0.1, -0.05) is 11.6 Å². The number of nitrogens with two attached hydrogens (primary N) is 1. The summed E-state index contributed by atoms with van der Waals surface area (Å²) in [6.07, 6.45) is 3.86. The number of carbonyl (C=O) groups is 2. The third-order valence-corrected chi connectivity index (χ3v) is 4.91. The van der Waals surface area contributed by atoms with Crippen LogP contribution in [0.15, 0.2) is 28.8 Å². The molecule has 1 heterocycles. The largest absolute Gasteiger partial charge is 0.497 e. The topological polar surface area (TPSA) is 120 Å². The van der Waals surface area contributed by atoms with E-state index in [1.165, 1.54) is 11.8 Å². The van der Waals surface area contributed by atoms with Crippen molar-refractivity contribution in [1.82, 2.24) is 15.5 Å². The van der Waals surface area contributed by atoms with Crippen LogP contribution in [-0.2, 0) is 16.0 Å². The third-order valence-electron chi connectivity index (χ3n) is 3.92. The summed E-state index contributed by atoms with van der Waals surface area (Å²) in [6, 6.07) is 7.50. The Morgan fingerprint density at radius 2 is 2.00 bits per heavy atom. The lowest BCUT2D eigenvalue weighted by atomic mass is 10.2. The number of amides is 2. The Labute approximate surface area is 168 Å². The Balaban J connectivity index is 1.57. The normalized spacial score (nSPS) is 10.6. The number of primary amides is 1. The van der Waals surface area contributed by atoms with Crippen LogP contribution in [0.3, 0.4) is 0 Å². The fourth-order valence-corrected chi connectivity index (χ4v) is 3.12. The lowest BCUT2D eigenvalue weighted by molar-refractivity contribution is -0.120. The van der Waals surface area contributed by atoms with Gasteiger partial charge in [0.15, 0.2) is 0 Å². The van der Waals surface area contributed by atoms with Crippen LogP contribution in [0.25, 0.3) is 11.4 Å². The molecule has 1 aromatic carbocycles. The van der Waals surface area contributed by atoms with Crippen molar-refractivity contribution in [1.29, 1.82) is 0 Å². The molecule has 2 rings (SSSR count). The summed E-state index contributed by atoms with van der Waals surface area (Å²) in [5.74, 6) is 2.45. The Kier molecular flexibility index (Phi) is 9.33. The molecule has 0 aliphatic heterocycles. The first-order valence-electron chi connectivity index (χ1n) is 9.18. The molecule has 152 valence electrons. The van der Waals surface area contributed by atoms with E-state index in [-0.39, 0.29) is 17.6 Å². The van der Waals surface area contributed by atoms with Crippen LogP contribution in [0, 0.1) is 0 Å². The Bertz CT molecular complexity index is 749. The van der Waals surface area contributed by atoms with Gasteiger partial charge in [0.05, 0.1) is 12.9 Å². The number of ether oxygens (including phenoxy) is 1. The number of rotatable bonds is 13. The minimum absolute atomic E-state index is 0.00185. The van der Waals surface area contributed by atoms with E-state index < -0.39 is 0 Å². The average Bonchev–Trinajstić information content (AvgIpc) is 3.17. The lowest BCUT2D eigenvalue weighted by Gasteiger charge is -2.04. The van der Waals surface area contributed by atoms with E-state index in [0.717, 1.165) is 30.6 Å². The summed E-state index contributed by atoms with van der Waals surface area (Å²) in [5, 5.41) is 6.89. The standard InChI is InChI=1S/C19H26N4O4S/c1-26-15-8-6-14(7-9-15)19-22-18(27-23-19)5-3-2-4-11-21-17(25)10-12-28-13-16(20)24/h6-9H,2-5,10-13H2,1H3,(H2,20,24)(H,21,25). The van der Waals surface area contributed by atoms with Crippen molar-refractivity contribution < 1.29 is 18.8 Å². The van der Waals surface area contributed by atoms with Crippen LogP contribution in [0.5, 0.6) is 5.75 Å². The van der Waals surface area contributed by atoms with Crippen molar-refractivity contribution in [2.24, 2.45) is 5.73 Å². The molecular formula is C19H26N4O4S. The second-order valence-corrected chi connectivity index (χ2v) is 7.27. The quantitative estimate of drug-likeness (QED) is 0.489. The highest BCUT2D eigenvalue weighted by Crippen LogP contribution is 2.20. The van der Waals surface area contributed by atoms with Crippen molar-refractivity contribution in [3.8, 4) is 17.1 Å². The Morgan fingerprint density at radius 1 is 1.21 bits per heavy atom. The van der Waals surface area contributed by atoms with E-state index in [9.17, 15) is 9.59 Å². The summed E-state index contributed by atoms with van der Waals surface area (Å²) >= 11 is 1.37. The number of nitrogens with one attached hydrogen (secondary N) is 1. The Hall–Kier alpha value is -2.55. The highest BCUT2D eigenvalue weighted by molar-refractivity contribution is 7.99. The van der Waals surface area contributed by atoms with Gasteiger partial charge in [0.25, 0.3) is 0 Å². The molecule has 28 heavy (non-hydrogen) atoms. The fourth-order valence-electron chi connectivity index (χ4n) is 2.45. The van der Waals surface area contributed by atoms with E-state index in [4.69, 9.17) is 15.0 Å². The lowest BCUT2D eigenvalue weighted by Crippen LogP contribution is -2.25. The molecule has 0 radical (unpaired) electrons. The van der Waals surface area contributed by atoms with Crippen molar-refractivity contribution in [3.63, 3.8) is 0 Å². The number of aryl methyl sites for hydroxylation is 1. The number of methoxy groups -OCH3 is 1. The molecule has 0 unspecified atom stereocenters. The van der Waals surface area contributed by atoms with E-state index >= 15 is 0 Å². The summed E-state index contributed by atoms with van der Waals surface area (Å²) in [5.41, 5.74) is 5.92. The molecule has 9 heteroatoms. The van der Waals surface area contributed by atoms with E-state index in [1.807, 2.05) is 24.3 Å². The van der Waals surface area contributed by atoms with Gasteiger partial charge in [-0.15, -0.1) is 0 Å². The average molecular weight is 407 g/mol. The number of carbonyl (C=O) groups excluding carboxylic acids is 2. The molecule has 2 aromatic rings. The summed E-state index contributed by atoms with van der Waals surface area (Å²) < 4.78 is 10.4. The highest BCUT2D eigenvalue weighted by atomic mass is 32.2. The molecular weight excluding hydrogens is 380 g/mol. The molecule has 0 fully saturated rings. The second kappa shape index (κ2) is 12.0. The van der Waals surface area contributed by atoms with Crippen molar-refractivity contribution in [2.75, 3.05) is 25.2 Å². The SMILES string of the molecule is COc1ccc(-c2noc(CCCCCNC(=O)CCSCC(N)=O)n2)cc1. The first kappa shape index (κ1) is 21.7. The van der Waals surface area contributed by atoms with Crippen LogP contribution in [0.1, 0.15) is 31.6 Å². The van der Waals surface area contributed by atoms with Gasteiger partial charge in [0.1, 0.15) is 5.75 Å². The number of unbranched alkanes of at least 4 members (excludes halogenated alkanes) is 2. The van der Waals surface area contributed by atoms with Crippen LogP contribution in [-0.4, -0.2) is 47.1 Å². The molecule has 0 aliphatic carbocycles. The highest BCUT2D eigenvalue weighted by Gasteiger charge is 2.08. The predicted molar refractivity (Wildman–Crippen MR) is 108 cm³/mol. The molecule has 0 bridgehead atoms. The molecule has 0 saturated heterocycles. The van der Waals surface area contributed by atoms with Crippen molar-refractivity contribution in [2.45, 2.75) is 32.1 Å². The molecule has 1 aromatic heterocycles. The Morgan fingerprint density at radius 3 is 2.71 bits per heavy atom. The minimum Gasteiger partial charge on any atom is -0.497 e. The number of thioether (sulfide) groups is 1. The van der Waals surface area contributed by atoms with Crippen molar-refractivity contribution >= 4 is 23.6 Å². The van der Waals surface area contributed by atoms with Gasteiger partial charge in [-0.25, -0.2) is 0 Å². The third kappa shape index (κ3) is 7.99. The van der Waals surface area contributed by atoms with Crippen LogP contribution in [0.2, 0.25) is 0 Å². The minimum atomic E-state index is -0.359. The smallest absolute Gasteiger partial charge is 0.227 e. The van der Waals surface area contributed by atoms with Gasteiger partial charge in [0, 0.05) is 30.7 Å². The number of benzene rings is 1. The van der Waals surface area contributed by atoms with E-state index in [1.54, 1.807) is 7.11 Å². The van der Waals surface area contributed by atoms with E-state index in [2.05, 4.69) is 15.5 Å². The maximum Gasteiger partial charge on any atom is 0.227 e. The molecule has 2 amide bonds. The predicted octanol–water partition coefficient (Wildman–Crippen LogP) is 2.18. The van der Waals surface area contributed by atoms with Gasteiger partial charge >= 0.3 is 0 Å². The molecule has 0 saturated carbocycles. The number of aromatic nitrogens is 2. The van der Waals surface area contributed by atoms with Gasteiger partial charge in [-0.05, 0) is 37.1 Å². The molecule has 0 aliphatic rings. The molecule has 0 spiro atoms. The maximum atomic E-state index is 11.6. The summed E-state index contributed by atoms with van der Waals surface area (Å²) in [6.45, 7) is 0.639. The monoisotopic (exact) mass is 406 g/mol. The summed E-state index contributed by atoms with van der Waals surface area (Å²) in [4.78, 5) is 26.6. The van der Waals surface area contributed by atoms with Crippen LogP contribution < -0.4 is 15.8 Å². The van der Waals surface area contributed by atoms with Gasteiger partial charge < -0.3 is 20.3 Å². The van der Waals surface area contributed by atoms with Gasteiger partial charge in [0.2, 0.25) is 23.5 Å². The van der Waals surface area contributed by atoms with Crippen LogP contribution >= 0.6 is 11.8 Å². The molecule has 3 N–H and O–H groups in total. The second-order valence-electron chi connectivity index (χ2n) is 6.17. The van der Waals surface area contributed by atoms with Crippen molar-refractivity contribution in [3.05, 3.63) is 30.2 Å². The van der Waals surface area contributed by atoms with Crippen LogP contribution in [0.4, 0.5) is 0 Å². The van der Waals surface area contributed by atoms with Gasteiger partial charge in [-0.3, -0.25) is 9.59 Å². The first-order chi connectivity index (χ1) is 13.6. The zero-order chi connectivity index (χ0) is 20.2. The molecule has 8 nitrogen and oxygen atoms in total. The van der Waals surface area contributed by atoms with E-state index in [0.29, 0.717) is 36.9 Å². The number of hydrogen-bond acceptors (Lipinski definition) is 7. The zero-order valence-electron chi connectivity index (χ0n) is 16.0. The molecule has 0 atom stereocenters. The number of hydrogen-bond donors (Lipinski definition) is 2. The maximum absolute atomic E-state index is 11.6. The first-order valence-corrected chi connectivity index (χ1v) is 10.3. The van der Waals surface area contributed by atoms with Gasteiger partial charge in [-0.2, -0.15) is 16.7 Å². The fraction of sp³-hybridized carbons (Fsp3) is 0.474. The number of nitrogens with zero attached hydrogens (tertiary/aromatic N) is 2. The zero-order valence-corrected chi connectivity index (χ0v) is 16.8.